The van der Waals surface area contributed by atoms with Crippen molar-refractivity contribution in [2.24, 2.45) is 0 Å². The minimum Gasteiger partial charge on any atom is -0.467 e. The Morgan fingerprint density at radius 3 is 2.45 bits per heavy atom. The predicted octanol–water partition coefficient (Wildman–Crippen LogP) is 5.34. The third kappa shape index (κ3) is 5.25. The van der Waals surface area contributed by atoms with E-state index in [1.165, 1.54) is 30.3 Å². The van der Waals surface area contributed by atoms with E-state index in [-0.39, 0.29) is 59.7 Å². The summed E-state index contributed by atoms with van der Waals surface area (Å²) in [5, 5.41) is 0.524. The summed E-state index contributed by atoms with van der Waals surface area (Å²) in [6.07, 6.45) is 2.45. The van der Waals surface area contributed by atoms with E-state index in [1.54, 1.807) is 36.9 Å². The SMILES string of the molecule is COc1nc(N2CCN(C(=O)/C(F)=C/c3cc(C)nc(C)n3)CC2)c2cnc(-c3cccc4ccc(F)c(F)c34)c(F)c2n1. The van der Waals surface area contributed by atoms with Crippen LogP contribution in [-0.4, -0.2) is 69.0 Å². The highest BCUT2D eigenvalue weighted by Crippen LogP contribution is 2.36. The average Bonchev–Trinajstić information content (AvgIpc) is 3.01. The standard InChI is InChI=1S/C31H25F4N7O2/c1-16-13-19(38-17(2)37-16)14-23(33)30(43)42-11-9-41(10-12-42)29-21-15-36-27(26(35)28(21)39-31(40-29)44-3)20-6-4-5-18-7-8-22(32)25(34)24(18)20/h4-8,13-15H,9-12H2,1-3H3/b23-14-. The van der Waals surface area contributed by atoms with Crippen LogP contribution < -0.4 is 9.64 Å². The summed E-state index contributed by atoms with van der Waals surface area (Å²) in [5.74, 6) is -4.00. The number of rotatable bonds is 5. The Balaban J connectivity index is 1.31. The summed E-state index contributed by atoms with van der Waals surface area (Å²) in [5.41, 5.74) is 0.665. The molecule has 0 spiro atoms. The van der Waals surface area contributed by atoms with Crippen LogP contribution >= 0.6 is 0 Å². The van der Waals surface area contributed by atoms with E-state index >= 15 is 4.39 Å². The monoisotopic (exact) mass is 603 g/mol. The van der Waals surface area contributed by atoms with Crippen molar-refractivity contribution in [1.29, 1.82) is 0 Å². The third-order valence-electron chi connectivity index (χ3n) is 7.35. The molecular weight excluding hydrogens is 578 g/mol. The van der Waals surface area contributed by atoms with Gasteiger partial charge in [-0.1, -0.05) is 24.3 Å². The first-order valence-corrected chi connectivity index (χ1v) is 13.7. The van der Waals surface area contributed by atoms with Gasteiger partial charge in [0.1, 0.15) is 22.9 Å². The molecule has 0 unspecified atom stereocenters. The summed E-state index contributed by atoms with van der Waals surface area (Å²) >= 11 is 0. The minimum absolute atomic E-state index is 0.0625. The molecular formula is C31H25F4N7O2. The van der Waals surface area contributed by atoms with E-state index in [0.29, 0.717) is 28.4 Å². The Hall–Kier alpha value is -5.20. The Labute approximate surface area is 248 Å². The van der Waals surface area contributed by atoms with Crippen molar-refractivity contribution in [1.82, 2.24) is 29.8 Å². The van der Waals surface area contributed by atoms with Crippen molar-refractivity contribution in [2.45, 2.75) is 13.8 Å². The van der Waals surface area contributed by atoms with Crippen molar-refractivity contribution in [3.63, 3.8) is 0 Å². The summed E-state index contributed by atoms with van der Waals surface area (Å²) in [6.45, 7) is 4.25. The molecule has 1 aliphatic rings. The number of nitrogens with zero attached hydrogens (tertiary/aromatic N) is 7. The van der Waals surface area contributed by atoms with E-state index in [0.717, 1.165) is 12.1 Å². The maximum Gasteiger partial charge on any atom is 0.318 e. The van der Waals surface area contributed by atoms with Crippen LogP contribution in [0.2, 0.25) is 0 Å². The molecule has 3 aromatic heterocycles. The zero-order valence-electron chi connectivity index (χ0n) is 23.9. The molecule has 0 aliphatic carbocycles. The van der Waals surface area contributed by atoms with Gasteiger partial charge in [0, 0.05) is 55.1 Å². The largest absolute Gasteiger partial charge is 0.467 e. The number of carbonyl (C=O) groups is 1. The van der Waals surface area contributed by atoms with Gasteiger partial charge in [-0.15, -0.1) is 0 Å². The second kappa shape index (κ2) is 11.5. The lowest BCUT2D eigenvalue weighted by molar-refractivity contribution is -0.128. The number of methoxy groups -OCH3 is 1. The maximum atomic E-state index is 16.1. The van der Waals surface area contributed by atoms with E-state index in [1.807, 2.05) is 0 Å². The van der Waals surface area contributed by atoms with Crippen LogP contribution in [0.15, 0.2) is 48.4 Å². The van der Waals surface area contributed by atoms with Gasteiger partial charge in [-0.3, -0.25) is 9.78 Å². The van der Waals surface area contributed by atoms with E-state index in [2.05, 4.69) is 24.9 Å². The fourth-order valence-corrected chi connectivity index (χ4v) is 5.33. The van der Waals surface area contributed by atoms with Crippen LogP contribution in [0.25, 0.3) is 39.0 Å². The number of halogens is 4. The molecule has 44 heavy (non-hydrogen) atoms. The Kier molecular flexibility index (Phi) is 7.53. The first-order chi connectivity index (χ1) is 21.1. The zero-order valence-corrected chi connectivity index (χ0v) is 23.9. The number of aromatic nitrogens is 5. The number of amides is 1. The lowest BCUT2D eigenvalue weighted by Gasteiger charge is -2.35. The molecule has 9 nitrogen and oxygen atoms in total. The second-order valence-corrected chi connectivity index (χ2v) is 10.2. The predicted molar refractivity (Wildman–Crippen MR) is 156 cm³/mol. The first-order valence-electron chi connectivity index (χ1n) is 13.7. The van der Waals surface area contributed by atoms with Gasteiger partial charge in [0.15, 0.2) is 23.3 Å². The van der Waals surface area contributed by atoms with Gasteiger partial charge >= 0.3 is 6.01 Å². The van der Waals surface area contributed by atoms with Gasteiger partial charge in [0.05, 0.1) is 18.2 Å². The number of piperazine rings is 1. The maximum absolute atomic E-state index is 16.1. The molecule has 0 saturated carbocycles. The Morgan fingerprint density at radius 2 is 1.73 bits per heavy atom. The Morgan fingerprint density at radius 1 is 0.955 bits per heavy atom. The molecule has 1 aliphatic heterocycles. The van der Waals surface area contributed by atoms with Crippen LogP contribution in [-0.2, 0) is 4.79 Å². The molecule has 6 rings (SSSR count). The molecule has 4 heterocycles. The van der Waals surface area contributed by atoms with Crippen molar-refractivity contribution < 1.29 is 27.1 Å². The summed E-state index contributed by atoms with van der Waals surface area (Å²) in [4.78, 5) is 37.2. The number of anilines is 1. The summed E-state index contributed by atoms with van der Waals surface area (Å²) < 4.78 is 65.2. The molecule has 5 aromatic rings. The third-order valence-corrected chi connectivity index (χ3v) is 7.35. The number of hydrogen-bond donors (Lipinski definition) is 0. The number of benzene rings is 2. The Bertz CT molecular complexity index is 1960. The number of aryl methyl sites for hydroxylation is 2. The van der Waals surface area contributed by atoms with E-state index < -0.39 is 29.2 Å². The van der Waals surface area contributed by atoms with Gasteiger partial charge in [-0.25, -0.2) is 27.5 Å². The van der Waals surface area contributed by atoms with Crippen LogP contribution in [0.3, 0.4) is 0 Å². The molecule has 1 amide bonds. The number of fused-ring (bicyclic) bond motifs is 2. The highest BCUT2D eigenvalue weighted by atomic mass is 19.2. The van der Waals surface area contributed by atoms with Crippen LogP contribution in [0.5, 0.6) is 6.01 Å². The van der Waals surface area contributed by atoms with Crippen molar-refractivity contribution in [2.75, 3.05) is 38.2 Å². The molecule has 13 heteroatoms. The number of pyridine rings is 1. The molecule has 0 N–H and O–H groups in total. The molecule has 1 fully saturated rings. The first kappa shape index (κ1) is 28.9. The van der Waals surface area contributed by atoms with E-state index in [4.69, 9.17) is 4.74 Å². The van der Waals surface area contributed by atoms with Crippen LogP contribution in [0.4, 0.5) is 23.4 Å². The number of hydrogen-bond acceptors (Lipinski definition) is 8. The van der Waals surface area contributed by atoms with Crippen molar-refractivity contribution in [3.8, 4) is 17.3 Å². The highest BCUT2D eigenvalue weighted by Gasteiger charge is 2.28. The fourth-order valence-electron chi connectivity index (χ4n) is 5.33. The molecule has 224 valence electrons. The van der Waals surface area contributed by atoms with Gasteiger partial charge in [-0.2, -0.15) is 9.97 Å². The second-order valence-electron chi connectivity index (χ2n) is 10.2. The zero-order chi connectivity index (χ0) is 31.1. The van der Waals surface area contributed by atoms with Crippen molar-refractivity contribution in [3.05, 3.63) is 83.1 Å². The van der Waals surface area contributed by atoms with Crippen LogP contribution in [0, 0.1) is 31.3 Å². The lowest BCUT2D eigenvalue weighted by atomic mass is 10.00. The topological polar surface area (TPSA) is 97.2 Å². The average molecular weight is 604 g/mol. The molecule has 0 radical (unpaired) electrons. The van der Waals surface area contributed by atoms with Gasteiger partial charge in [0.25, 0.3) is 5.91 Å². The van der Waals surface area contributed by atoms with Crippen molar-refractivity contribution >= 4 is 39.5 Å². The number of ether oxygens (including phenoxy) is 1. The highest BCUT2D eigenvalue weighted by molar-refractivity contribution is 5.99. The molecule has 2 aromatic carbocycles. The number of carbonyl (C=O) groups excluding carboxylic acids is 1. The van der Waals surface area contributed by atoms with Crippen LogP contribution in [0.1, 0.15) is 17.2 Å². The molecule has 0 bridgehead atoms. The minimum atomic E-state index is -1.11. The normalized spacial score (nSPS) is 14.0. The molecule has 1 saturated heterocycles. The molecule has 0 atom stereocenters. The van der Waals surface area contributed by atoms with Gasteiger partial charge < -0.3 is 14.5 Å². The van der Waals surface area contributed by atoms with Gasteiger partial charge in [-0.05, 0) is 31.4 Å². The van der Waals surface area contributed by atoms with Gasteiger partial charge in [0.2, 0.25) is 0 Å². The lowest BCUT2D eigenvalue weighted by Crippen LogP contribution is -2.49. The quantitative estimate of drug-likeness (QED) is 0.196. The fraction of sp³-hybridized carbons (Fsp3) is 0.226. The summed E-state index contributed by atoms with van der Waals surface area (Å²) in [6, 6.07) is 8.52. The summed E-state index contributed by atoms with van der Waals surface area (Å²) in [7, 11) is 1.33. The van der Waals surface area contributed by atoms with E-state index in [9.17, 15) is 18.0 Å². The smallest absolute Gasteiger partial charge is 0.318 e.